The first-order valence-electron chi connectivity index (χ1n) is 10.5. The summed E-state index contributed by atoms with van der Waals surface area (Å²) in [4.78, 5) is 24.0. The predicted molar refractivity (Wildman–Crippen MR) is 124 cm³/mol. The maximum absolute atomic E-state index is 12.2. The molecule has 2 aromatic heterocycles. The summed E-state index contributed by atoms with van der Waals surface area (Å²) in [7, 11) is 0. The van der Waals surface area contributed by atoms with Crippen LogP contribution in [0.2, 0.25) is 0 Å². The van der Waals surface area contributed by atoms with Gasteiger partial charge in [0, 0.05) is 23.4 Å². The van der Waals surface area contributed by atoms with Crippen LogP contribution in [0.1, 0.15) is 16.9 Å². The lowest BCUT2D eigenvalue weighted by Gasteiger charge is -2.03. The van der Waals surface area contributed by atoms with Gasteiger partial charge in [-0.1, -0.05) is 60.7 Å². The lowest BCUT2D eigenvalue weighted by molar-refractivity contribution is -0.143. The minimum Gasteiger partial charge on any atom is -0.467 e. The standard InChI is InChI=1S/C26H23N3O4/c30-24(27-16-23-12-7-15-32-23)19-33-25(31)14-13-22-18-29(17-20-8-3-1-4-9-20)28-26(22)21-10-5-2-6-11-21/h1-15,18H,16-17,19H2,(H,27,30)/b14-13+. The van der Waals surface area contributed by atoms with Crippen molar-refractivity contribution < 1.29 is 18.7 Å². The van der Waals surface area contributed by atoms with Crippen molar-refractivity contribution in [2.75, 3.05) is 6.61 Å². The molecule has 0 spiro atoms. The Labute approximate surface area is 191 Å². The molecule has 0 radical (unpaired) electrons. The molecule has 0 aliphatic rings. The Morgan fingerprint density at radius 2 is 1.76 bits per heavy atom. The summed E-state index contributed by atoms with van der Waals surface area (Å²) in [6, 6.07) is 23.2. The molecule has 0 bridgehead atoms. The van der Waals surface area contributed by atoms with E-state index in [4.69, 9.17) is 14.3 Å². The highest BCUT2D eigenvalue weighted by Crippen LogP contribution is 2.23. The van der Waals surface area contributed by atoms with E-state index in [9.17, 15) is 9.59 Å². The average Bonchev–Trinajstić information content (AvgIpc) is 3.51. The second-order valence-corrected chi connectivity index (χ2v) is 7.28. The Bertz CT molecular complexity index is 1210. The first kappa shape index (κ1) is 21.8. The molecule has 2 heterocycles. The van der Waals surface area contributed by atoms with Crippen molar-refractivity contribution in [1.82, 2.24) is 15.1 Å². The van der Waals surface area contributed by atoms with Crippen molar-refractivity contribution in [3.8, 4) is 11.3 Å². The number of nitrogens with one attached hydrogen (secondary N) is 1. The van der Waals surface area contributed by atoms with Crippen LogP contribution in [0.25, 0.3) is 17.3 Å². The second-order valence-electron chi connectivity index (χ2n) is 7.28. The first-order valence-corrected chi connectivity index (χ1v) is 10.5. The van der Waals surface area contributed by atoms with Crippen LogP contribution in [0.4, 0.5) is 0 Å². The van der Waals surface area contributed by atoms with E-state index < -0.39 is 11.9 Å². The van der Waals surface area contributed by atoms with Crippen molar-refractivity contribution in [2.45, 2.75) is 13.1 Å². The smallest absolute Gasteiger partial charge is 0.331 e. The molecule has 1 N–H and O–H groups in total. The Kier molecular flexibility index (Phi) is 7.12. The summed E-state index contributed by atoms with van der Waals surface area (Å²) < 4.78 is 12.0. The number of amides is 1. The molecular weight excluding hydrogens is 418 g/mol. The van der Waals surface area contributed by atoms with Crippen LogP contribution in [-0.2, 0) is 27.4 Å². The summed E-state index contributed by atoms with van der Waals surface area (Å²) in [5, 5.41) is 7.34. The van der Waals surface area contributed by atoms with Gasteiger partial charge in [-0.05, 0) is 23.8 Å². The molecule has 7 heteroatoms. The number of nitrogens with zero attached hydrogens (tertiary/aromatic N) is 2. The molecule has 4 rings (SSSR count). The summed E-state index contributed by atoms with van der Waals surface area (Å²) in [6.07, 6.45) is 6.36. The molecule has 0 atom stereocenters. The lowest BCUT2D eigenvalue weighted by Crippen LogP contribution is -2.27. The van der Waals surface area contributed by atoms with Gasteiger partial charge in [0.2, 0.25) is 0 Å². The van der Waals surface area contributed by atoms with Gasteiger partial charge in [-0.3, -0.25) is 9.48 Å². The SMILES string of the molecule is O=C(COC(=O)/C=C/c1cn(Cc2ccccc2)nc1-c1ccccc1)NCc1ccco1. The Morgan fingerprint density at radius 1 is 1.00 bits per heavy atom. The van der Waals surface area contributed by atoms with Gasteiger partial charge in [0.1, 0.15) is 5.76 Å². The monoisotopic (exact) mass is 441 g/mol. The number of rotatable bonds is 9. The van der Waals surface area contributed by atoms with Gasteiger partial charge in [-0.25, -0.2) is 4.79 Å². The van der Waals surface area contributed by atoms with Crippen molar-refractivity contribution in [3.05, 3.63) is 108 Å². The summed E-state index contributed by atoms with van der Waals surface area (Å²) in [5.41, 5.74) is 3.59. The van der Waals surface area contributed by atoms with Crippen LogP contribution in [0.3, 0.4) is 0 Å². The molecule has 33 heavy (non-hydrogen) atoms. The number of carbonyl (C=O) groups is 2. The van der Waals surface area contributed by atoms with E-state index >= 15 is 0 Å². The number of ether oxygens (including phenoxy) is 1. The van der Waals surface area contributed by atoms with E-state index in [1.165, 1.54) is 12.3 Å². The van der Waals surface area contributed by atoms with Crippen LogP contribution in [0.5, 0.6) is 0 Å². The molecule has 7 nitrogen and oxygen atoms in total. The van der Waals surface area contributed by atoms with Gasteiger partial charge in [0.25, 0.3) is 5.91 Å². The van der Waals surface area contributed by atoms with Gasteiger partial charge < -0.3 is 14.5 Å². The molecule has 0 aliphatic carbocycles. The van der Waals surface area contributed by atoms with Crippen LogP contribution in [0.15, 0.2) is 95.7 Å². The second kappa shape index (κ2) is 10.8. The predicted octanol–water partition coefficient (Wildman–Crippen LogP) is 4.06. The van der Waals surface area contributed by atoms with Gasteiger partial charge in [0.15, 0.2) is 6.61 Å². The molecule has 0 aliphatic heterocycles. The van der Waals surface area contributed by atoms with E-state index in [1.54, 1.807) is 18.2 Å². The topological polar surface area (TPSA) is 86.4 Å². The number of furan rings is 1. The normalized spacial score (nSPS) is 10.9. The van der Waals surface area contributed by atoms with Gasteiger partial charge in [0.05, 0.1) is 25.0 Å². The Hall–Kier alpha value is -4.39. The molecular formula is C26H23N3O4. The zero-order valence-electron chi connectivity index (χ0n) is 17.9. The molecule has 0 saturated heterocycles. The number of hydrogen-bond acceptors (Lipinski definition) is 5. The molecule has 4 aromatic rings. The summed E-state index contributed by atoms with van der Waals surface area (Å²) in [5.74, 6) is -0.401. The van der Waals surface area contributed by atoms with Crippen molar-refractivity contribution in [1.29, 1.82) is 0 Å². The largest absolute Gasteiger partial charge is 0.467 e. The number of esters is 1. The molecule has 0 saturated carbocycles. The van der Waals surface area contributed by atoms with Crippen molar-refractivity contribution >= 4 is 18.0 Å². The average molecular weight is 441 g/mol. The zero-order chi connectivity index (χ0) is 22.9. The number of carbonyl (C=O) groups excluding carboxylic acids is 2. The fourth-order valence-electron chi connectivity index (χ4n) is 3.22. The maximum atomic E-state index is 12.2. The van der Waals surface area contributed by atoms with Crippen molar-refractivity contribution in [3.63, 3.8) is 0 Å². The summed E-state index contributed by atoms with van der Waals surface area (Å²) in [6.45, 7) is 0.470. The first-order chi connectivity index (χ1) is 16.2. The minimum absolute atomic E-state index is 0.236. The molecule has 2 aromatic carbocycles. The van der Waals surface area contributed by atoms with Gasteiger partial charge >= 0.3 is 5.97 Å². The van der Waals surface area contributed by atoms with Crippen molar-refractivity contribution in [2.24, 2.45) is 0 Å². The fraction of sp³-hybridized carbons (Fsp3) is 0.115. The minimum atomic E-state index is -0.613. The van der Waals surface area contributed by atoms with Crippen LogP contribution in [0, 0.1) is 0 Å². The molecule has 0 unspecified atom stereocenters. The van der Waals surface area contributed by atoms with E-state index in [0.29, 0.717) is 12.3 Å². The number of hydrogen-bond donors (Lipinski definition) is 1. The number of aromatic nitrogens is 2. The quantitative estimate of drug-likeness (QED) is 0.313. The third kappa shape index (κ3) is 6.30. The summed E-state index contributed by atoms with van der Waals surface area (Å²) >= 11 is 0. The van der Waals surface area contributed by atoms with Gasteiger partial charge in [-0.15, -0.1) is 0 Å². The van der Waals surface area contributed by atoms with E-state index in [0.717, 1.165) is 22.4 Å². The molecule has 0 fully saturated rings. The lowest BCUT2D eigenvalue weighted by atomic mass is 10.1. The van der Waals surface area contributed by atoms with E-state index in [2.05, 4.69) is 5.32 Å². The van der Waals surface area contributed by atoms with Crippen LogP contribution >= 0.6 is 0 Å². The Morgan fingerprint density at radius 3 is 2.48 bits per heavy atom. The fourth-order valence-corrected chi connectivity index (χ4v) is 3.22. The molecule has 166 valence electrons. The Balaban J connectivity index is 1.41. The van der Waals surface area contributed by atoms with E-state index in [-0.39, 0.29) is 13.2 Å². The third-order valence-corrected chi connectivity index (χ3v) is 4.81. The molecule has 1 amide bonds. The highest BCUT2D eigenvalue weighted by molar-refractivity contribution is 5.90. The highest BCUT2D eigenvalue weighted by Gasteiger charge is 2.11. The number of benzene rings is 2. The zero-order valence-corrected chi connectivity index (χ0v) is 17.9. The highest BCUT2D eigenvalue weighted by atomic mass is 16.5. The van der Waals surface area contributed by atoms with Gasteiger partial charge in [-0.2, -0.15) is 5.10 Å². The van der Waals surface area contributed by atoms with E-state index in [1.807, 2.05) is 71.5 Å². The van der Waals surface area contributed by atoms with Crippen LogP contribution < -0.4 is 5.32 Å². The van der Waals surface area contributed by atoms with Crippen LogP contribution in [-0.4, -0.2) is 28.3 Å². The third-order valence-electron chi connectivity index (χ3n) is 4.81. The maximum Gasteiger partial charge on any atom is 0.331 e.